The van der Waals surface area contributed by atoms with E-state index in [0.717, 1.165) is 19.3 Å². The lowest BCUT2D eigenvalue weighted by atomic mass is 9.79. The van der Waals surface area contributed by atoms with Gasteiger partial charge in [-0.3, -0.25) is 4.79 Å². The minimum absolute atomic E-state index is 0.363. The first-order valence-corrected chi connectivity index (χ1v) is 7.45. The summed E-state index contributed by atoms with van der Waals surface area (Å²) in [6, 6.07) is 0. The number of carboxylic acid groups (broad SMARTS) is 1. The molecule has 0 aromatic carbocycles. The zero-order valence-corrected chi connectivity index (χ0v) is 13.0. The lowest BCUT2D eigenvalue weighted by Gasteiger charge is -2.27. The van der Waals surface area contributed by atoms with Crippen molar-refractivity contribution in [3.8, 4) is 0 Å². The SMILES string of the molecule is CCCCCCC(C)(C)CCCC(C)(C)C(=O)O. The smallest absolute Gasteiger partial charge is 0.309 e. The Morgan fingerprint density at radius 3 is 1.94 bits per heavy atom. The molecule has 0 spiro atoms. The van der Waals surface area contributed by atoms with Gasteiger partial charge in [-0.25, -0.2) is 0 Å². The van der Waals surface area contributed by atoms with Crippen molar-refractivity contribution in [2.75, 3.05) is 0 Å². The van der Waals surface area contributed by atoms with Crippen LogP contribution in [-0.2, 0) is 4.79 Å². The van der Waals surface area contributed by atoms with Gasteiger partial charge in [0.05, 0.1) is 5.41 Å². The van der Waals surface area contributed by atoms with Gasteiger partial charge in [0.25, 0.3) is 0 Å². The third-order valence-corrected chi connectivity index (χ3v) is 3.94. The molecule has 0 aliphatic heterocycles. The van der Waals surface area contributed by atoms with Crippen LogP contribution in [0.3, 0.4) is 0 Å². The van der Waals surface area contributed by atoms with Crippen molar-refractivity contribution in [2.45, 2.75) is 86.0 Å². The summed E-state index contributed by atoms with van der Waals surface area (Å²) < 4.78 is 0. The highest BCUT2D eigenvalue weighted by atomic mass is 16.4. The van der Waals surface area contributed by atoms with E-state index in [9.17, 15) is 4.79 Å². The molecule has 18 heavy (non-hydrogen) atoms. The quantitative estimate of drug-likeness (QED) is 0.541. The van der Waals surface area contributed by atoms with Gasteiger partial charge < -0.3 is 5.11 Å². The molecule has 108 valence electrons. The molecule has 0 atom stereocenters. The van der Waals surface area contributed by atoms with Gasteiger partial charge in [-0.05, 0) is 38.5 Å². The molecular weight excluding hydrogens is 224 g/mol. The second kappa shape index (κ2) is 7.81. The molecule has 0 rings (SSSR count). The Kier molecular flexibility index (Phi) is 7.58. The fourth-order valence-corrected chi connectivity index (χ4v) is 2.27. The molecule has 0 fully saturated rings. The molecule has 0 aromatic heterocycles. The van der Waals surface area contributed by atoms with Crippen LogP contribution in [0, 0.1) is 10.8 Å². The van der Waals surface area contributed by atoms with E-state index in [1.54, 1.807) is 0 Å². The molecule has 2 heteroatoms. The number of aliphatic carboxylic acids is 1. The second-order valence-electron chi connectivity index (χ2n) is 7.02. The second-order valence-corrected chi connectivity index (χ2v) is 7.02. The van der Waals surface area contributed by atoms with Crippen molar-refractivity contribution in [1.82, 2.24) is 0 Å². The Balaban J connectivity index is 3.86. The van der Waals surface area contributed by atoms with Gasteiger partial charge in [-0.15, -0.1) is 0 Å². The largest absolute Gasteiger partial charge is 0.481 e. The lowest BCUT2D eigenvalue weighted by Crippen LogP contribution is -2.24. The average Bonchev–Trinajstić information content (AvgIpc) is 2.23. The zero-order valence-electron chi connectivity index (χ0n) is 13.0. The van der Waals surface area contributed by atoms with Gasteiger partial charge >= 0.3 is 5.97 Å². The first-order chi connectivity index (χ1) is 8.21. The predicted octanol–water partition coefficient (Wildman–Crippen LogP) is 5.26. The molecule has 0 aromatic rings. The van der Waals surface area contributed by atoms with Gasteiger partial charge in [0.15, 0.2) is 0 Å². The average molecular weight is 256 g/mol. The van der Waals surface area contributed by atoms with Crippen LogP contribution in [0.4, 0.5) is 0 Å². The van der Waals surface area contributed by atoms with E-state index in [0.29, 0.717) is 5.41 Å². The summed E-state index contributed by atoms with van der Waals surface area (Å²) in [5, 5.41) is 9.07. The van der Waals surface area contributed by atoms with E-state index in [4.69, 9.17) is 5.11 Å². The number of carbonyl (C=O) groups is 1. The maximum atomic E-state index is 11.0. The van der Waals surface area contributed by atoms with Crippen LogP contribution in [0.25, 0.3) is 0 Å². The van der Waals surface area contributed by atoms with Gasteiger partial charge in [0.2, 0.25) is 0 Å². The summed E-state index contributed by atoms with van der Waals surface area (Å²) in [4.78, 5) is 11.0. The normalized spacial score (nSPS) is 12.7. The zero-order chi connectivity index (χ0) is 14.2. The van der Waals surface area contributed by atoms with E-state index >= 15 is 0 Å². The molecule has 0 aliphatic rings. The first-order valence-electron chi connectivity index (χ1n) is 7.45. The van der Waals surface area contributed by atoms with Crippen LogP contribution in [0.1, 0.15) is 86.0 Å². The van der Waals surface area contributed by atoms with E-state index in [-0.39, 0.29) is 0 Å². The van der Waals surface area contributed by atoms with E-state index in [1.807, 2.05) is 13.8 Å². The van der Waals surface area contributed by atoms with Crippen LogP contribution >= 0.6 is 0 Å². The fraction of sp³-hybridized carbons (Fsp3) is 0.938. The van der Waals surface area contributed by atoms with Crippen LogP contribution in [-0.4, -0.2) is 11.1 Å². The van der Waals surface area contributed by atoms with Crippen molar-refractivity contribution in [3.63, 3.8) is 0 Å². The molecule has 0 bridgehead atoms. The summed E-state index contributed by atoms with van der Waals surface area (Å²) in [6.07, 6.45) is 9.45. The Bertz CT molecular complexity index is 241. The topological polar surface area (TPSA) is 37.3 Å². The number of rotatable bonds is 10. The summed E-state index contributed by atoms with van der Waals surface area (Å²) in [5.74, 6) is -0.678. The van der Waals surface area contributed by atoms with E-state index in [1.165, 1.54) is 32.1 Å². The van der Waals surface area contributed by atoms with Gasteiger partial charge in [-0.2, -0.15) is 0 Å². The maximum absolute atomic E-state index is 11.0. The highest BCUT2D eigenvalue weighted by Crippen LogP contribution is 2.33. The predicted molar refractivity (Wildman–Crippen MR) is 77.8 cm³/mol. The monoisotopic (exact) mass is 256 g/mol. The highest BCUT2D eigenvalue weighted by molar-refractivity contribution is 5.73. The summed E-state index contributed by atoms with van der Waals surface area (Å²) in [5.41, 5.74) is -0.208. The molecule has 0 amide bonds. The Labute approximate surface area is 113 Å². The Morgan fingerprint density at radius 1 is 0.889 bits per heavy atom. The van der Waals surface area contributed by atoms with Crippen molar-refractivity contribution in [3.05, 3.63) is 0 Å². The van der Waals surface area contributed by atoms with Crippen molar-refractivity contribution in [2.24, 2.45) is 10.8 Å². The summed E-state index contributed by atoms with van der Waals surface area (Å²) >= 11 is 0. The molecular formula is C16H32O2. The number of hydrogen-bond acceptors (Lipinski definition) is 1. The van der Waals surface area contributed by atoms with Crippen molar-refractivity contribution < 1.29 is 9.90 Å². The first kappa shape index (κ1) is 17.5. The molecule has 0 heterocycles. The highest BCUT2D eigenvalue weighted by Gasteiger charge is 2.27. The Morgan fingerprint density at radius 2 is 1.44 bits per heavy atom. The minimum atomic E-state index is -0.678. The van der Waals surface area contributed by atoms with Crippen LogP contribution in [0.2, 0.25) is 0 Å². The van der Waals surface area contributed by atoms with Crippen molar-refractivity contribution in [1.29, 1.82) is 0 Å². The molecule has 0 unspecified atom stereocenters. The molecule has 0 saturated heterocycles. The maximum Gasteiger partial charge on any atom is 0.309 e. The van der Waals surface area contributed by atoms with Gasteiger partial charge in [-0.1, -0.05) is 52.9 Å². The van der Waals surface area contributed by atoms with Gasteiger partial charge in [0.1, 0.15) is 0 Å². The van der Waals surface area contributed by atoms with E-state index < -0.39 is 11.4 Å². The standard InChI is InChI=1S/C16H32O2/c1-6-7-8-9-11-15(2,3)12-10-13-16(4,5)14(17)18/h6-13H2,1-5H3,(H,17,18). The molecule has 1 N–H and O–H groups in total. The van der Waals surface area contributed by atoms with E-state index in [2.05, 4.69) is 20.8 Å². The van der Waals surface area contributed by atoms with Crippen LogP contribution in [0.5, 0.6) is 0 Å². The number of unbranched alkanes of at least 4 members (excludes halogenated alkanes) is 3. The van der Waals surface area contributed by atoms with Gasteiger partial charge in [0, 0.05) is 0 Å². The van der Waals surface area contributed by atoms with Crippen LogP contribution < -0.4 is 0 Å². The molecule has 0 saturated carbocycles. The lowest BCUT2D eigenvalue weighted by molar-refractivity contribution is -0.147. The third kappa shape index (κ3) is 7.73. The number of hydrogen-bond donors (Lipinski definition) is 1. The molecule has 2 nitrogen and oxygen atoms in total. The van der Waals surface area contributed by atoms with Crippen molar-refractivity contribution >= 4 is 5.97 Å². The number of carboxylic acids is 1. The molecule has 0 radical (unpaired) electrons. The summed E-state index contributed by atoms with van der Waals surface area (Å²) in [6.45, 7) is 10.5. The third-order valence-electron chi connectivity index (χ3n) is 3.94. The summed E-state index contributed by atoms with van der Waals surface area (Å²) in [7, 11) is 0. The fourth-order valence-electron chi connectivity index (χ4n) is 2.27. The Hall–Kier alpha value is -0.530. The van der Waals surface area contributed by atoms with Crippen LogP contribution in [0.15, 0.2) is 0 Å². The minimum Gasteiger partial charge on any atom is -0.481 e. The molecule has 0 aliphatic carbocycles.